The molecule has 7 nitrogen and oxygen atoms in total. The van der Waals surface area contributed by atoms with Gasteiger partial charge >= 0.3 is 5.97 Å². The largest absolute Gasteiger partial charge is 0.507 e. The topological polar surface area (TPSA) is 85.0 Å². The summed E-state index contributed by atoms with van der Waals surface area (Å²) in [6.45, 7) is 5.92. The lowest BCUT2D eigenvalue weighted by Crippen LogP contribution is -2.34. The highest BCUT2D eigenvalue weighted by atomic mass is 16.5. The maximum absolute atomic E-state index is 13.4. The number of rotatable bonds is 8. The van der Waals surface area contributed by atoms with Gasteiger partial charge in [0.15, 0.2) is 0 Å². The number of hydrogen-bond acceptors (Lipinski definition) is 7. The highest BCUT2D eigenvalue weighted by molar-refractivity contribution is 6.17. The lowest BCUT2D eigenvalue weighted by Gasteiger charge is -2.36. The first-order valence-corrected chi connectivity index (χ1v) is 15.7. The maximum atomic E-state index is 13.4. The number of likely N-dealkylation sites (tertiary alicyclic amines) is 1. The molecule has 0 bridgehead atoms. The summed E-state index contributed by atoms with van der Waals surface area (Å²) in [5.41, 5.74) is 3.58. The minimum absolute atomic E-state index is 0.104. The molecule has 7 rings (SSSR count). The van der Waals surface area contributed by atoms with Crippen LogP contribution < -0.4 is 4.74 Å². The van der Waals surface area contributed by atoms with Crippen molar-refractivity contribution in [3.8, 4) is 11.5 Å². The maximum Gasteiger partial charge on any atom is 0.342 e. The van der Waals surface area contributed by atoms with Gasteiger partial charge in [0, 0.05) is 34.1 Å². The molecule has 1 saturated heterocycles. The number of carbonyl (C=O) groups is 1. The van der Waals surface area contributed by atoms with Crippen LogP contribution in [0, 0.1) is 6.92 Å². The molecule has 1 aliphatic rings. The van der Waals surface area contributed by atoms with Gasteiger partial charge in [-0.15, -0.1) is 0 Å². The van der Waals surface area contributed by atoms with Crippen molar-refractivity contribution in [2.45, 2.75) is 45.8 Å². The quantitative estimate of drug-likeness (QED) is 0.175. The Bertz CT molecular complexity index is 2010. The van der Waals surface area contributed by atoms with Gasteiger partial charge in [0.2, 0.25) is 0 Å². The van der Waals surface area contributed by atoms with Gasteiger partial charge in [-0.25, -0.2) is 4.79 Å². The fourth-order valence-electron chi connectivity index (χ4n) is 6.75. The average molecular weight is 601 g/mol. The molecule has 0 amide bonds. The predicted octanol–water partition coefficient (Wildman–Crippen LogP) is 8.48. The minimum atomic E-state index is -0.462. The van der Waals surface area contributed by atoms with Crippen molar-refractivity contribution in [1.82, 2.24) is 9.88 Å². The minimum Gasteiger partial charge on any atom is -0.507 e. The van der Waals surface area contributed by atoms with Gasteiger partial charge in [-0.05, 0) is 98.1 Å². The molecular formula is C38H36N2O5. The van der Waals surface area contributed by atoms with E-state index in [1.165, 1.54) is 5.39 Å². The number of esters is 1. The second-order valence-corrected chi connectivity index (χ2v) is 11.7. The van der Waals surface area contributed by atoms with Gasteiger partial charge in [0.25, 0.3) is 0 Å². The van der Waals surface area contributed by atoms with Crippen molar-refractivity contribution in [2.24, 2.45) is 0 Å². The first kappa shape index (κ1) is 28.9. The van der Waals surface area contributed by atoms with Crippen LogP contribution in [0.5, 0.6) is 11.5 Å². The summed E-state index contributed by atoms with van der Waals surface area (Å²) in [5, 5.41) is 16.5. The Morgan fingerprint density at radius 2 is 1.73 bits per heavy atom. The highest BCUT2D eigenvalue weighted by Gasteiger charge is 2.34. The van der Waals surface area contributed by atoms with Crippen molar-refractivity contribution in [2.75, 3.05) is 19.7 Å². The summed E-state index contributed by atoms with van der Waals surface area (Å²) < 4.78 is 18.2. The number of aromatic nitrogens is 1. The Morgan fingerprint density at radius 3 is 2.51 bits per heavy atom. The number of fused-ring (bicyclic) bond motifs is 4. The zero-order valence-electron chi connectivity index (χ0n) is 25.6. The second-order valence-electron chi connectivity index (χ2n) is 11.7. The SMILES string of the molecule is CCOC(=O)c1c(C)oc2c1c(C(c1ccncc1)N1CCCCC1)c(O)c1cc(OCc3ccc4ccccc4c3)ccc12. The molecule has 0 spiro atoms. The molecule has 7 heteroatoms. The third-order valence-electron chi connectivity index (χ3n) is 8.85. The van der Waals surface area contributed by atoms with E-state index in [-0.39, 0.29) is 18.4 Å². The Morgan fingerprint density at radius 1 is 0.956 bits per heavy atom. The summed E-state index contributed by atoms with van der Waals surface area (Å²) >= 11 is 0. The van der Waals surface area contributed by atoms with E-state index in [1.807, 2.05) is 42.5 Å². The van der Waals surface area contributed by atoms with Gasteiger partial charge in [-0.3, -0.25) is 9.88 Å². The van der Waals surface area contributed by atoms with Crippen LogP contribution in [-0.4, -0.2) is 40.7 Å². The summed E-state index contributed by atoms with van der Waals surface area (Å²) in [7, 11) is 0. The van der Waals surface area contributed by atoms with Gasteiger partial charge in [-0.1, -0.05) is 42.8 Å². The number of furan rings is 1. The van der Waals surface area contributed by atoms with E-state index in [2.05, 4.69) is 40.2 Å². The molecule has 1 aliphatic heterocycles. The first-order chi connectivity index (χ1) is 22.0. The van der Waals surface area contributed by atoms with Gasteiger partial charge in [-0.2, -0.15) is 0 Å². The molecule has 1 N–H and O–H groups in total. The molecule has 4 aromatic carbocycles. The summed E-state index contributed by atoms with van der Waals surface area (Å²) in [6, 6.07) is 23.9. The van der Waals surface area contributed by atoms with Crippen molar-refractivity contribution in [3.05, 3.63) is 113 Å². The van der Waals surface area contributed by atoms with E-state index in [0.717, 1.165) is 48.9 Å². The Hall–Kier alpha value is -4.88. The number of phenols is 1. The van der Waals surface area contributed by atoms with Crippen molar-refractivity contribution >= 4 is 38.5 Å². The fraction of sp³-hybridized carbons (Fsp3) is 0.263. The van der Waals surface area contributed by atoms with E-state index in [1.54, 1.807) is 26.2 Å². The van der Waals surface area contributed by atoms with Gasteiger partial charge in [0.1, 0.15) is 35.0 Å². The number of ether oxygens (including phenoxy) is 2. The van der Waals surface area contributed by atoms with E-state index >= 15 is 0 Å². The van der Waals surface area contributed by atoms with Crippen LogP contribution in [0.15, 0.2) is 89.6 Å². The van der Waals surface area contributed by atoms with E-state index < -0.39 is 5.97 Å². The van der Waals surface area contributed by atoms with Gasteiger partial charge < -0.3 is 19.0 Å². The lowest BCUT2D eigenvalue weighted by atomic mass is 9.88. The number of aromatic hydroxyl groups is 1. The van der Waals surface area contributed by atoms with Gasteiger partial charge in [0.05, 0.1) is 12.6 Å². The van der Waals surface area contributed by atoms with E-state index in [4.69, 9.17) is 13.9 Å². The number of hydrogen-bond donors (Lipinski definition) is 1. The molecule has 45 heavy (non-hydrogen) atoms. The Balaban J connectivity index is 1.40. The number of carbonyl (C=O) groups excluding carboxylic acids is 1. The van der Waals surface area contributed by atoms with Crippen LogP contribution in [0.4, 0.5) is 0 Å². The summed E-state index contributed by atoms with van der Waals surface area (Å²) in [4.78, 5) is 20.1. The molecule has 6 aromatic rings. The van der Waals surface area contributed by atoms with Crippen LogP contribution in [0.1, 0.15) is 65.0 Å². The molecule has 1 atom stereocenters. The second kappa shape index (κ2) is 12.3. The molecule has 3 heterocycles. The van der Waals surface area contributed by atoms with E-state index in [0.29, 0.717) is 51.0 Å². The molecule has 0 saturated carbocycles. The van der Waals surface area contributed by atoms with E-state index in [9.17, 15) is 9.90 Å². The number of phenolic OH excluding ortho intramolecular Hbond substituents is 1. The molecule has 1 fully saturated rings. The number of pyridine rings is 1. The molecule has 0 aliphatic carbocycles. The Labute approximate surface area is 262 Å². The van der Waals surface area contributed by atoms with Crippen LogP contribution in [0.2, 0.25) is 0 Å². The van der Waals surface area contributed by atoms with Crippen LogP contribution >= 0.6 is 0 Å². The van der Waals surface area contributed by atoms with Crippen LogP contribution in [0.3, 0.4) is 0 Å². The highest BCUT2D eigenvalue weighted by Crippen LogP contribution is 2.48. The third kappa shape index (κ3) is 5.38. The average Bonchev–Trinajstić information content (AvgIpc) is 3.43. The van der Waals surface area contributed by atoms with Crippen molar-refractivity contribution < 1.29 is 23.8 Å². The zero-order chi connectivity index (χ0) is 30.9. The standard InChI is InChI=1S/C38H36N2O5/c1-3-43-38(42)32-24(2)45-37-30-14-13-29(44-23-25-11-12-26-9-5-6-10-28(26)21-25)22-31(30)36(41)34(33(32)37)35(27-15-17-39-18-16-27)40-19-7-4-8-20-40/h5-6,9-18,21-22,35,41H,3-4,7-8,19-20,23H2,1-2H3. The number of aryl methyl sites for hydroxylation is 1. The summed E-state index contributed by atoms with van der Waals surface area (Å²) in [6.07, 6.45) is 6.82. The number of nitrogens with zero attached hydrogens (tertiary/aromatic N) is 2. The van der Waals surface area contributed by atoms with Crippen LogP contribution in [0.25, 0.3) is 32.5 Å². The van der Waals surface area contributed by atoms with Crippen LogP contribution in [-0.2, 0) is 11.3 Å². The fourth-order valence-corrected chi connectivity index (χ4v) is 6.75. The number of benzene rings is 4. The first-order valence-electron chi connectivity index (χ1n) is 15.7. The molecule has 2 aromatic heterocycles. The lowest BCUT2D eigenvalue weighted by molar-refractivity contribution is 0.0526. The smallest absolute Gasteiger partial charge is 0.342 e. The molecule has 1 unspecified atom stereocenters. The Kier molecular flexibility index (Phi) is 7.86. The van der Waals surface area contributed by atoms with Crippen molar-refractivity contribution in [3.63, 3.8) is 0 Å². The molecule has 228 valence electrons. The predicted molar refractivity (Wildman–Crippen MR) is 176 cm³/mol. The summed E-state index contributed by atoms with van der Waals surface area (Å²) in [5.74, 6) is 0.729. The normalized spacial score (nSPS) is 14.6. The monoisotopic (exact) mass is 600 g/mol. The number of piperidine rings is 1. The molecular weight excluding hydrogens is 564 g/mol. The molecule has 0 radical (unpaired) electrons. The van der Waals surface area contributed by atoms with Crippen molar-refractivity contribution in [1.29, 1.82) is 0 Å². The zero-order valence-corrected chi connectivity index (χ0v) is 25.6. The third-order valence-corrected chi connectivity index (χ3v) is 8.85.